The average Bonchev–Trinajstić information content (AvgIpc) is 1.53. The van der Waals surface area contributed by atoms with Crippen LogP contribution in [0.3, 0.4) is 0 Å². The van der Waals surface area contributed by atoms with Gasteiger partial charge in [0.05, 0.1) is 0 Å². The molecule has 0 N–H and O–H groups in total. The third-order valence-electron chi connectivity index (χ3n) is 20.0. The first kappa shape index (κ1) is 60.3. The van der Waals surface area contributed by atoms with Crippen LogP contribution in [0.2, 0.25) is 0 Å². The number of fused-ring (bicyclic) bond motifs is 4. The first-order valence-corrected chi connectivity index (χ1v) is 33.5. The van der Waals surface area contributed by atoms with Crippen LogP contribution in [0, 0.1) is 0 Å². The van der Waals surface area contributed by atoms with Crippen molar-refractivity contribution in [2.45, 2.75) is 96.3 Å². The molecule has 0 aliphatic heterocycles. The maximum atomic E-state index is 3.98. The van der Waals surface area contributed by atoms with Gasteiger partial charge in [-0.2, -0.15) is 0 Å². The highest BCUT2D eigenvalue weighted by atomic mass is 15.1. The molecule has 93 heavy (non-hydrogen) atoms. The zero-order valence-electron chi connectivity index (χ0n) is 54.8. The third kappa shape index (κ3) is 11.8. The van der Waals surface area contributed by atoms with Crippen molar-refractivity contribution in [3.63, 3.8) is 0 Å². The summed E-state index contributed by atoms with van der Waals surface area (Å²) in [5, 5.41) is 0. The van der Waals surface area contributed by atoms with Crippen LogP contribution in [0.1, 0.15) is 112 Å². The van der Waals surface area contributed by atoms with Crippen molar-refractivity contribution in [3.8, 4) is 66.8 Å². The zero-order valence-corrected chi connectivity index (χ0v) is 54.8. The predicted octanol–water partition coefficient (Wildman–Crippen LogP) is 25.5. The monoisotopic (exact) mass is 1200 g/mol. The van der Waals surface area contributed by atoms with E-state index in [0.717, 1.165) is 83.8 Å². The number of anilines is 6. The number of nitrogens with zero attached hydrogens (tertiary/aromatic N) is 2. The Morgan fingerprint density at radius 1 is 0.290 bits per heavy atom. The molecule has 12 aromatic carbocycles. The van der Waals surface area contributed by atoms with E-state index >= 15 is 0 Å². The molecule has 0 radical (unpaired) electrons. The first-order valence-electron chi connectivity index (χ1n) is 33.5. The van der Waals surface area contributed by atoms with Crippen molar-refractivity contribution in [2.24, 2.45) is 0 Å². The lowest BCUT2D eigenvalue weighted by atomic mass is 9.72. The topological polar surface area (TPSA) is 6.48 Å². The smallest absolute Gasteiger partial charge is 0.0467 e. The van der Waals surface area contributed by atoms with Gasteiger partial charge >= 0.3 is 0 Å². The van der Waals surface area contributed by atoms with Gasteiger partial charge in [-0.05, 0) is 233 Å². The highest BCUT2D eigenvalue weighted by molar-refractivity contribution is 5.86. The second kappa shape index (κ2) is 25.1. The fraction of sp³-hybridized carbons (Fsp3) is 0.165. The summed E-state index contributed by atoms with van der Waals surface area (Å²) in [7, 11) is 0. The van der Waals surface area contributed by atoms with E-state index in [2.05, 4.69) is 344 Å². The van der Waals surface area contributed by atoms with Gasteiger partial charge in [0.2, 0.25) is 0 Å². The van der Waals surface area contributed by atoms with Gasteiger partial charge in [0.1, 0.15) is 0 Å². The summed E-state index contributed by atoms with van der Waals surface area (Å²) in [5.41, 5.74) is 31.6. The summed E-state index contributed by atoms with van der Waals surface area (Å²) in [5.74, 6) is 0. The molecular formula is C91H82N2. The van der Waals surface area contributed by atoms with E-state index in [4.69, 9.17) is 0 Å². The molecule has 456 valence electrons. The van der Waals surface area contributed by atoms with E-state index in [1.165, 1.54) is 100 Å². The van der Waals surface area contributed by atoms with Crippen molar-refractivity contribution in [2.75, 3.05) is 9.80 Å². The number of rotatable bonds is 18. The maximum Gasteiger partial charge on any atom is 0.0467 e. The SMILES string of the molecule is C=Cc1ccc(-c2ccc(N(c3ccc(-c4ccc(CCC)cc4)cc3)c3cccc(-c4ccc5c(c4)C4(CC5(C)C)CC(C)(C)c5ccc(-c6cccc(N(c7ccc(-c8ccc(C=C)cc8)cc7)c7ccc(-c8ccc(CCC)cc8)cc7)c6)cc54)c3)cc2)cc1. The molecule has 0 amide bonds. The average molecular weight is 1200 g/mol. The molecule has 14 rings (SSSR count). The van der Waals surface area contributed by atoms with Crippen molar-refractivity contribution in [1.82, 2.24) is 0 Å². The predicted molar refractivity (Wildman–Crippen MR) is 399 cm³/mol. The lowest BCUT2D eigenvalue weighted by Gasteiger charge is -2.31. The summed E-state index contributed by atoms with van der Waals surface area (Å²) in [4.78, 5) is 4.83. The number of benzene rings is 12. The van der Waals surface area contributed by atoms with Crippen LogP contribution in [-0.2, 0) is 29.1 Å². The zero-order chi connectivity index (χ0) is 63.8. The molecule has 2 aliphatic carbocycles. The van der Waals surface area contributed by atoms with E-state index in [0.29, 0.717) is 0 Å². The normalized spacial score (nSPS) is 13.9. The van der Waals surface area contributed by atoms with Gasteiger partial charge in [-0.1, -0.05) is 274 Å². The lowest BCUT2D eigenvalue weighted by molar-refractivity contribution is 0.350. The second-order valence-corrected chi connectivity index (χ2v) is 27.2. The van der Waals surface area contributed by atoms with Gasteiger partial charge in [-0.25, -0.2) is 0 Å². The highest BCUT2D eigenvalue weighted by Crippen LogP contribution is 2.63. The molecule has 2 nitrogen and oxygen atoms in total. The molecule has 0 fully saturated rings. The summed E-state index contributed by atoms with van der Waals surface area (Å²) < 4.78 is 0. The molecule has 1 spiro atoms. The molecular weight excluding hydrogens is 1120 g/mol. The van der Waals surface area contributed by atoms with Crippen LogP contribution in [0.25, 0.3) is 78.9 Å². The largest absolute Gasteiger partial charge is 0.310 e. The van der Waals surface area contributed by atoms with Gasteiger partial charge in [0, 0.05) is 39.5 Å². The van der Waals surface area contributed by atoms with Crippen LogP contribution in [0.4, 0.5) is 34.1 Å². The Hall–Kier alpha value is -10.3. The van der Waals surface area contributed by atoms with Crippen LogP contribution in [0.5, 0.6) is 0 Å². The van der Waals surface area contributed by atoms with Crippen LogP contribution in [0.15, 0.2) is 292 Å². The molecule has 0 saturated heterocycles. The summed E-state index contributed by atoms with van der Waals surface area (Å²) >= 11 is 0. The van der Waals surface area contributed by atoms with Crippen LogP contribution in [-0.4, -0.2) is 0 Å². The maximum absolute atomic E-state index is 3.98. The van der Waals surface area contributed by atoms with E-state index in [1.807, 2.05) is 12.2 Å². The Balaban J connectivity index is 0.821. The highest BCUT2D eigenvalue weighted by Gasteiger charge is 2.56. The third-order valence-corrected chi connectivity index (χ3v) is 20.0. The van der Waals surface area contributed by atoms with Gasteiger partial charge in [0.25, 0.3) is 0 Å². The van der Waals surface area contributed by atoms with E-state index < -0.39 is 0 Å². The minimum atomic E-state index is -0.186. The van der Waals surface area contributed by atoms with Gasteiger partial charge in [-0.3, -0.25) is 0 Å². The van der Waals surface area contributed by atoms with E-state index in [1.54, 1.807) is 0 Å². The molecule has 2 aliphatic rings. The second-order valence-electron chi connectivity index (χ2n) is 27.2. The van der Waals surface area contributed by atoms with Gasteiger partial charge in [-0.15, -0.1) is 0 Å². The molecule has 0 bridgehead atoms. The Morgan fingerprint density at radius 2 is 0.559 bits per heavy atom. The van der Waals surface area contributed by atoms with E-state index in [-0.39, 0.29) is 16.2 Å². The molecule has 0 saturated carbocycles. The summed E-state index contributed by atoms with van der Waals surface area (Å²) in [6.07, 6.45) is 10.4. The van der Waals surface area contributed by atoms with Crippen LogP contribution < -0.4 is 9.80 Å². The van der Waals surface area contributed by atoms with Crippen molar-refractivity contribution >= 4 is 46.3 Å². The van der Waals surface area contributed by atoms with Gasteiger partial charge < -0.3 is 9.80 Å². The molecule has 12 aromatic rings. The van der Waals surface area contributed by atoms with Crippen molar-refractivity contribution in [3.05, 3.63) is 337 Å². The Labute approximate surface area is 552 Å². The van der Waals surface area contributed by atoms with Crippen molar-refractivity contribution in [1.29, 1.82) is 0 Å². The Bertz CT molecular complexity index is 4360. The lowest BCUT2D eigenvalue weighted by Crippen LogP contribution is -2.27. The van der Waals surface area contributed by atoms with Crippen LogP contribution >= 0.6 is 0 Å². The minimum absolute atomic E-state index is 0.0389. The quantitative estimate of drug-likeness (QED) is 0.0845. The fourth-order valence-electron chi connectivity index (χ4n) is 15.4. The summed E-state index contributed by atoms with van der Waals surface area (Å²) in [6, 6.07) is 105. The van der Waals surface area contributed by atoms with Gasteiger partial charge in [0.15, 0.2) is 0 Å². The molecule has 0 aromatic heterocycles. The molecule has 0 unspecified atom stereocenters. The summed E-state index contributed by atoms with van der Waals surface area (Å²) in [6.45, 7) is 22.3. The Morgan fingerprint density at radius 3 is 0.849 bits per heavy atom. The Kier molecular flexibility index (Phi) is 16.3. The number of hydrogen-bond acceptors (Lipinski definition) is 2. The van der Waals surface area contributed by atoms with Crippen molar-refractivity contribution < 1.29 is 0 Å². The first-order chi connectivity index (χ1) is 45.3. The number of aryl methyl sites for hydroxylation is 2. The standard InChI is InChI=1S/C91H82N2/c1-9-15-65-25-33-69(34-26-65)73-41-51-81(52-42-73)92(79-47-37-71(38-48-79)67-29-21-63(11-3)22-30-67)83-19-13-17-75(57-83)77-45-55-85-87(59-77)91(61-89(85,5)6)62-90(7,8)86-56-46-78(60-88(86)91)76-18-14-20-84(58-76)93(80-49-39-72(40-50-80)68-31-23-64(12-4)24-32-68)82-53-43-74(44-54-82)70-35-27-66(16-10-2)28-36-70/h11-14,17-60H,3-4,9-10,15-16,61-62H2,1-2,5-8H3. The molecule has 2 heteroatoms. The fourth-order valence-corrected chi connectivity index (χ4v) is 15.4. The molecule has 0 heterocycles. The van der Waals surface area contributed by atoms with E-state index in [9.17, 15) is 0 Å². The number of hydrogen-bond donors (Lipinski definition) is 0. The minimum Gasteiger partial charge on any atom is -0.310 e. The molecule has 0 atom stereocenters.